The van der Waals surface area contributed by atoms with Crippen LogP contribution in [0, 0.1) is 6.92 Å². The molecule has 10 heteroatoms. The van der Waals surface area contributed by atoms with Crippen molar-refractivity contribution in [1.29, 1.82) is 0 Å². The average Bonchev–Trinajstić information content (AvgIpc) is 2.71. The van der Waals surface area contributed by atoms with Crippen molar-refractivity contribution in [3.05, 3.63) is 81.8 Å². The Morgan fingerprint density at radius 3 is 2.19 bits per heavy atom. The van der Waals surface area contributed by atoms with Crippen LogP contribution in [0.2, 0.25) is 10.0 Å². The van der Waals surface area contributed by atoms with Crippen molar-refractivity contribution in [1.82, 2.24) is 0 Å². The zero-order chi connectivity index (χ0) is 23.5. The van der Waals surface area contributed by atoms with Crippen molar-refractivity contribution in [3.8, 4) is 0 Å². The highest BCUT2D eigenvalue weighted by atomic mass is 35.5. The standard InChI is InChI=1S/C22H19Cl2N3O4S/c1-13-3-10-19(25-14(2)28)20(11-13)26-22(29)15-4-7-17(8-5-15)27-32(30,31)21-12-16(23)6-9-18(21)24/h3-12,27H,1-2H3,(H,25,28)(H,26,29). The fourth-order valence-electron chi connectivity index (χ4n) is 2.84. The van der Waals surface area contributed by atoms with Gasteiger partial charge in [-0.3, -0.25) is 14.3 Å². The van der Waals surface area contributed by atoms with E-state index in [0.29, 0.717) is 16.9 Å². The number of amides is 2. The van der Waals surface area contributed by atoms with Gasteiger partial charge in [0.15, 0.2) is 0 Å². The second-order valence-corrected chi connectivity index (χ2v) is 9.44. The number of nitrogens with one attached hydrogen (secondary N) is 3. The second kappa shape index (κ2) is 9.60. The first-order chi connectivity index (χ1) is 15.0. The molecule has 0 aromatic heterocycles. The summed E-state index contributed by atoms with van der Waals surface area (Å²) in [7, 11) is -3.98. The van der Waals surface area contributed by atoms with Gasteiger partial charge in [0.2, 0.25) is 5.91 Å². The monoisotopic (exact) mass is 491 g/mol. The Hall–Kier alpha value is -3.07. The van der Waals surface area contributed by atoms with E-state index in [1.54, 1.807) is 12.1 Å². The molecule has 0 unspecified atom stereocenters. The van der Waals surface area contributed by atoms with Crippen LogP contribution in [-0.4, -0.2) is 20.2 Å². The normalized spacial score (nSPS) is 11.0. The quantitative estimate of drug-likeness (QED) is 0.434. The molecule has 0 atom stereocenters. The van der Waals surface area contributed by atoms with Gasteiger partial charge < -0.3 is 10.6 Å². The molecule has 0 radical (unpaired) electrons. The highest BCUT2D eigenvalue weighted by Gasteiger charge is 2.19. The van der Waals surface area contributed by atoms with Crippen LogP contribution in [-0.2, 0) is 14.8 Å². The molecule has 0 saturated heterocycles. The lowest BCUT2D eigenvalue weighted by Gasteiger charge is -2.13. The van der Waals surface area contributed by atoms with Crippen LogP contribution in [0.1, 0.15) is 22.8 Å². The van der Waals surface area contributed by atoms with Gasteiger partial charge in [0, 0.05) is 23.2 Å². The molecule has 0 bridgehead atoms. The molecule has 0 heterocycles. The lowest BCUT2D eigenvalue weighted by atomic mass is 10.1. The van der Waals surface area contributed by atoms with Crippen LogP contribution < -0.4 is 15.4 Å². The average molecular weight is 492 g/mol. The molecule has 0 spiro atoms. The molecule has 2 amide bonds. The Balaban J connectivity index is 1.77. The van der Waals surface area contributed by atoms with E-state index in [1.165, 1.54) is 49.4 Å². The number of carbonyl (C=O) groups excluding carboxylic acids is 2. The van der Waals surface area contributed by atoms with E-state index in [9.17, 15) is 18.0 Å². The van der Waals surface area contributed by atoms with Crippen LogP contribution in [0.4, 0.5) is 17.1 Å². The molecule has 0 aliphatic carbocycles. The Morgan fingerprint density at radius 2 is 1.53 bits per heavy atom. The molecule has 0 aliphatic heterocycles. The maximum Gasteiger partial charge on any atom is 0.263 e. The summed E-state index contributed by atoms with van der Waals surface area (Å²) in [6.45, 7) is 3.24. The Morgan fingerprint density at radius 1 is 0.844 bits per heavy atom. The van der Waals surface area contributed by atoms with Gasteiger partial charge in [-0.25, -0.2) is 8.42 Å². The third kappa shape index (κ3) is 5.79. The van der Waals surface area contributed by atoms with E-state index in [4.69, 9.17) is 23.2 Å². The van der Waals surface area contributed by atoms with Crippen molar-refractivity contribution in [2.75, 3.05) is 15.4 Å². The molecule has 3 N–H and O–H groups in total. The van der Waals surface area contributed by atoms with Crippen LogP contribution in [0.15, 0.2) is 65.6 Å². The highest BCUT2D eigenvalue weighted by Crippen LogP contribution is 2.27. The third-order valence-corrected chi connectivity index (χ3v) is 6.41. The van der Waals surface area contributed by atoms with Crippen molar-refractivity contribution in [2.24, 2.45) is 0 Å². The summed E-state index contributed by atoms with van der Waals surface area (Å²) < 4.78 is 27.7. The molecule has 0 fully saturated rings. The number of hydrogen-bond acceptors (Lipinski definition) is 4. The zero-order valence-electron chi connectivity index (χ0n) is 17.1. The predicted molar refractivity (Wildman–Crippen MR) is 127 cm³/mol. The highest BCUT2D eigenvalue weighted by molar-refractivity contribution is 7.92. The van der Waals surface area contributed by atoms with Crippen molar-refractivity contribution < 1.29 is 18.0 Å². The van der Waals surface area contributed by atoms with Gasteiger partial charge >= 0.3 is 0 Å². The summed E-state index contributed by atoms with van der Waals surface area (Å²) in [6.07, 6.45) is 0. The van der Waals surface area contributed by atoms with Crippen LogP contribution in [0.3, 0.4) is 0 Å². The summed E-state index contributed by atoms with van der Waals surface area (Å²) in [6, 6.07) is 15.2. The number of hydrogen-bond donors (Lipinski definition) is 3. The van der Waals surface area contributed by atoms with Gasteiger partial charge in [-0.2, -0.15) is 0 Å². The maximum atomic E-state index is 12.7. The summed E-state index contributed by atoms with van der Waals surface area (Å²) in [5.74, 6) is -0.685. The number of benzene rings is 3. The smallest absolute Gasteiger partial charge is 0.263 e. The summed E-state index contributed by atoms with van der Waals surface area (Å²) >= 11 is 11.9. The molecule has 7 nitrogen and oxygen atoms in total. The minimum Gasteiger partial charge on any atom is -0.325 e. The lowest BCUT2D eigenvalue weighted by Crippen LogP contribution is -2.16. The fourth-order valence-corrected chi connectivity index (χ4v) is 4.66. The number of aryl methyl sites for hydroxylation is 1. The van der Waals surface area contributed by atoms with E-state index >= 15 is 0 Å². The van der Waals surface area contributed by atoms with Gasteiger partial charge in [0.1, 0.15) is 4.90 Å². The maximum absolute atomic E-state index is 12.7. The van der Waals surface area contributed by atoms with Gasteiger partial charge in [-0.1, -0.05) is 29.3 Å². The van der Waals surface area contributed by atoms with Crippen LogP contribution in [0.25, 0.3) is 0 Å². The van der Waals surface area contributed by atoms with Gasteiger partial charge in [0.25, 0.3) is 15.9 Å². The summed E-state index contributed by atoms with van der Waals surface area (Å²) in [4.78, 5) is 23.9. The van der Waals surface area contributed by atoms with Crippen molar-refractivity contribution in [3.63, 3.8) is 0 Å². The lowest BCUT2D eigenvalue weighted by molar-refractivity contribution is -0.114. The molecule has 166 valence electrons. The molecular formula is C22H19Cl2N3O4S. The third-order valence-electron chi connectivity index (χ3n) is 4.32. The summed E-state index contributed by atoms with van der Waals surface area (Å²) in [5.41, 5.74) is 2.36. The molecule has 0 aliphatic rings. The van der Waals surface area contributed by atoms with Gasteiger partial charge in [-0.15, -0.1) is 0 Å². The Labute approximate surface area is 195 Å². The van der Waals surface area contributed by atoms with Crippen molar-refractivity contribution in [2.45, 2.75) is 18.7 Å². The van der Waals surface area contributed by atoms with Crippen LogP contribution in [0.5, 0.6) is 0 Å². The Bertz CT molecular complexity index is 1290. The SMILES string of the molecule is CC(=O)Nc1ccc(C)cc1NC(=O)c1ccc(NS(=O)(=O)c2cc(Cl)ccc2Cl)cc1. The van der Waals surface area contributed by atoms with E-state index in [1.807, 2.05) is 13.0 Å². The topological polar surface area (TPSA) is 104 Å². The molecule has 3 aromatic rings. The second-order valence-electron chi connectivity index (χ2n) is 6.94. The zero-order valence-corrected chi connectivity index (χ0v) is 19.4. The summed E-state index contributed by atoms with van der Waals surface area (Å²) in [5, 5.41) is 5.69. The van der Waals surface area contributed by atoms with Crippen molar-refractivity contribution >= 4 is 62.1 Å². The number of carbonyl (C=O) groups is 2. The minimum absolute atomic E-state index is 0.0334. The minimum atomic E-state index is -3.98. The first kappa shape index (κ1) is 23.6. The number of rotatable bonds is 6. The molecular weight excluding hydrogens is 473 g/mol. The number of anilines is 3. The molecule has 0 saturated carbocycles. The van der Waals surface area contributed by atoms with E-state index < -0.39 is 15.9 Å². The fraction of sp³-hybridized carbons (Fsp3) is 0.0909. The largest absolute Gasteiger partial charge is 0.325 e. The molecule has 32 heavy (non-hydrogen) atoms. The van der Waals surface area contributed by atoms with E-state index in [2.05, 4.69) is 15.4 Å². The predicted octanol–water partition coefficient (Wildman–Crippen LogP) is 5.31. The Kier molecular flexibility index (Phi) is 7.08. The van der Waals surface area contributed by atoms with Gasteiger partial charge in [-0.05, 0) is 67.1 Å². The van der Waals surface area contributed by atoms with E-state index in [0.717, 1.165) is 5.56 Å². The van der Waals surface area contributed by atoms with E-state index in [-0.39, 0.29) is 26.5 Å². The molecule has 3 rings (SSSR count). The first-order valence-electron chi connectivity index (χ1n) is 9.33. The van der Waals surface area contributed by atoms with Gasteiger partial charge in [0.05, 0.1) is 16.4 Å². The first-order valence-corrected chi connectivity index (χ1v) is 11.6. The molecule has 3 aromatic carbocycles. The number of sulfonamides is 1. The number of halogens is 2. The van der Waals surface area contributed by atoms with Crippen LogP contribution >= 0.6 is 23.2 Å².